The van der Waals surface area contributed by atoms with Crippen LogP contribution in [0.25, 0.3) is 0 Å². The zero-order valence-electron chi connectivity index (χ0n) is 9.11. The molecule has 17 heavy (non-hydrogen) atoms. The first-order valence-corrected chi connectivity index (χ1v) is 7.43. The molecule has 2 aromatic heterocycles. The highest BCUT2D eigenvalue weighted by atomic mass is 79.9. The van der Waals surface area contributed by atoms with Gasteiger partial charge < -0.3 is 0 Å². The fourth-order valence-corrected chi connectivity index (χ4v) is 3.50. The molecule has 0 saturated heterocycles. The molecule has 2 heterocycles. The second-order valence-corrected chi connectivity index (χ2v) is 6.83. The molecule has 3 nitrogen and oxygen atoms in total. The lowest BCUT2D eigenvalue weighted by Crippen LogP contribution is -2.03. The summed E-state index contributed by atoms with van der Waals surface area (Å²) >= 11 is 8.24. The van der Waals surface area contributed by atoms with E-state index < -0.39 is 0 Å². The van der Waals surface area contributed by atoms with Crippen molar-refractivity contribution in [1.82, 2.24) is 9.78 Å². The molecule has 0 bridgehead atoms. The normalized spacial score (nSPS) is 10.8. The van der Waals surface area contributed by atoms with Crippen molar-refractivity contribution in [2.24, 2.45) is 7.05 Å². The maximum Gasteiger partial charge on any atom is 0.173 e. The molecule has 6 heteroatoms. The number of hydrogen-bond acceptors (Lipinski definition) is 3. The number of carbonyl (C=O) groups is 1. The summed E-state index contributed by atoms with van der Waals surface area (Å²) in [5.74, 6) is 0.169. The number of thiophene rings is 1. The van der Waals surface area contributed by atoms with Crippen molar-refractivity contribution in [3.05, 3.63) is 37.2 Å². The maximum absolute atomic E-state index is 12.0. The lowest BCUT2D eigenvalue weighted by atomic mass is 10.1. The van der Waals surface area contributed by atoms with Gasteiger partial charge in [-0.05, 0) is 50.4 Å². The number of nitrogens with zero attached hydrogens (tertiary/aromatic N) is 2. The van der Waals surface area contributed by atoms with E-state index in [0.717, 1.165) is 25.3 Å². The van der Waals surface area contributed by atoms with E-state index in [1.807, 2.05) is 19.2 Å². The molecule has 0 unspecified atom stereocenters. The van der Waals surface area contributed by atoms with Crippen molar-refractivity contribution >= 4 is 49.0 Å². The molecule has 90 valence electrons. The van der Waals surface area contributed by atoms with Crippen molar-refractivity contribution in [1.29, 1.82) is 0 Å². The molecule has 0 spiro atoms. The molecular weight excluding hydrogens is 368 g/mol. The van der Waals surface area contributed by atoms with E-state index in [-0.39, 0.29) is 5.78 Å². The minimum absolute atomic E-state index is 0.169. The first-order valence-electron chi connectivity index (χ1n) is 5.03. The van der Waals surface area contributed by atoms with E-state index in [0.29, 0.717) is 6.42 Å². The number of Topliss-reactive ketones (excluding diaryl/α,β-unsaturated/α-hetero) is 1. The molecule has 0 fully saturated rings. The largest absolute Gasteiger partial charge is 0.293 e. The standard InChI is InChI=1S/C11H10Br2N2OS/c1-15-7(4-5-14-15)2-3-9(16)10-6-8(12)11(13)17-10/h4-6H,2-3H2,1H3. The van der Waals surface area contributed by atoms with Gasteiger partial charge in [-0.15, -0.1) is 11.3 Å². The highest BCUT2D eigenvalue weighted by molar-refractivity contribution is 9.13. The van der Waals surface area contributed by atoms with E-state index >= 15 is 0 Å². The molecule has 0 aliphatic heterocycles. The Balaban J connectivity index is 2.00. The van der Waals surface area contributed by atoms with Crippen LogP contribution in [0.15, 0.2) is 26.6 Å². The third-order valence-corrected chi connectivity index (χ3v) is 5.75. The number of aryl methyl sites for hydroxylation is 2. The van der Waals surface area contributed by atoms with Crippen LogP contribution in [0.2, 0.25) is 0 Å². The van der Waals surface area contributed by atoms with Crippen LogP contribution in [0, 0.1) is 0 Å². The zero-order valence-corrected chi connectivity index (χ0v) is 13.1. The molecule has 0 aliphatic rings. The lowest BCUT2D eigenvalue weighted by molar-refractivity contribution is 0.0986. The van der Waals surface area contributed by atoms with Gasteiger partial charge in [-0.25, -0.2) is 0 Å². The predicted molar refractivity (Wildman–Crippen MR) is 75.6 cm³/mol. The van der Waals surface area contributed by atoms with Crippen LogP contribution in [0.5, 0.6) is 0 Å². The van der Waals surface area contributed by atoms with E-state index in [1.165, 1.54) is 11.3 Å². The monoisotopic (exact) mass is 376 g/mol. The summed E-state index contributed by atoms with van der Waals surface area (Å²) in [6.45, 7) is 0. The van der Waals surface area contributed by atoms with Gasteiger partial charge in [0.25, 0.3) is 0 Å². The fraction of sp³-hybridized carbons (Fsp3) is 0.273. The van der Waals surface area contributed by atoms with E-state index in [4.69, 9.17) is 0 Å². The lowest BCUT2D eigenvalue weighted by Gasteiger charge is -2.00. The summed E-state index contributed by atoms with van der Waals surface area (Å²) in [6, 6.07) is 3.80. The summed E-state index contributed by atoms with van der Waals surface area (Å²) < 4.78 is 3.70. The summed E-state index contributed by atoms with van der Waals surface area (Å²) in [4.78, 5) is 12.7. The Hall–Kier alpha value is -0.460. The third kappa shape index (κ3) is 3.05. The number of halogens is 2. The first-order chi connectivity index (χ1) is 8.08. The van der Waals surface area contributed by atoms with Crippen molar-refractivity contribution < 1.29 is 4.79 Å². The van der Waals surface area contributed by atoms with Gasteiger partial charge in [-0.1, -0.05) is 0 Å². The van der Waals surface area contributed by atoms with Crippen molar-refractivity contribution in [3.8, 4) is 0 Å². The molecule has 0 atom stereocenters. The average molecular weight is 378 g/mol. The Kier molecular flexibility index (Phi) is 4.17. The molecule has 0 N–H and O–H groups in total. The number of ketones is 1. The smallest absolute Gasteiger partial charge is 0.173 e. The van der Waals surface area contributed by atoms with Crippen LogP contribution in [0.3, 0.4) is 0 Å². The van der Waals surface area contributed by atoms with E-state index in [2.05, 4.69) is 37.0 Å². The van der Waals surface area contributed by atoms with Gasteiger partial charge in [0, 0.05) is 29.8 Å². The van der Waals surface area contributed by atoms with Gasteiger partial charge in [0.1, 0.15) is 0 Å². The molecule has 0 saturated carbocycles. The fourth-order valence-electron chi connectivity index (χ4n) is 1.50. The highest BCUT2D eigenvalue weighted by Gasteiger charge is 2.12. The zero-order chi connectivity index (χ0) is 12.4. The number of rotatable bonds is 4. The first kappa shape index (κ1) is 13.0. The van der Waals surface area contributed by atoms with Crippen LogP contribution in [-0.2, 0) is 13.5 Å². The molecule has 0 aromatic carbocycles. The molecule has 0 radical (unpaired) electrons. The van der Waals surface area contributed by atoms with Gasteiger partial charge >= 0.3 is 0 Å². The van der Waals surface area contributed by atoms with Crippen LogP contribution in [-0.4, -0.2) is 15.6 Å². The predicted octanol–water partition coefficient (Wildman–Crippen LogP) is 3.82. The molecule has 0 aliphatic carbocycles. The van der Waals surface area contributed by atoms with E-state index in [9.17, 15) is 4.79 Å². The summed E-state index contributed by atoms with van der Waals surface area (Å²) in [5, 5.41) is 4.08. The Labute approximate surface area is 120 Å². The van der Waals surface area contributed by atoms with Gasteiger partial charge in [-0.3, -0.25) is 9.48 Å². The molecule has 2 aromatic rings. The Bertz CT molecular complexity index is 528. The topological polar surface area (TPSA) is 34.9 Å². The van der Waals surface area contributed by atoms with Gasteiger partial charge in [0.05, 0.1) is 8.66 Å². The third-order valence-electron chi connectivity index (χ3n) is 2.45. The summed E-state index contributed by atoms with van der Waals surface area (Å²) in [5.41, 5.74) is 1.08. The average Bonchev–Trinajstić information content (AvgIpc) is 2.83. The Morgan fingerprint density at radius 2 is 2.29 bits per heavy atom. The van der Waals surface area contributed by atoms with Crippen molar-refractivity contribution in [2.45, 2.75) is 12.8 Å². The van der Waals surface area contributed by atoms with Gasteiger partial charge in [0.15, 0.2) is 5.78 Å². The summed E-state index contributed by atoms with van der Waals surface area (Å²) in [7, 11) is 1.89. The quantitative estimate of drug-likeness (QED) is 0.759. The van der Waals surface area contributed by atoms with Crippen LogP contribution >= 0.6 is 43.2 Å². The van der Waals surface area contributed by atoms with Crippen LogP contribution < -0.4 is 0 Å². The number of carbonyl (C=O) groups excluding carboxylic acids is 1. The molecule has 0 amide bonds. The number of aromatic nitrogens is 2. The van der Waals surface area contributed by atoms with Crippen LogP contribution in [0.1, 0.15) is 21.8 Å². The van der Waals surface area contributed by atoms with Crippen molar-refractivity contribution in [2.75, 3.05) is 0 Å². The van der Waals surface area contributed by atoms with Gasteiger partial charge in [-0.2, -0.15) is 5.10 Å². The highest BCUT2D eigenvalue weighted by Crippen LogP contribution is 2.33. The molecular formula is C11H10Br2N2OS. The Morgan fingerprint density at radius 1 is 1.53 bits per heavy atom. The van der Waals surface area contributed by atoms with E-state index in [1.54, 1.807) is 10.9 Å². The van der Waals surface area contributed by atoms with Crippen LogP contribution in [0.4, 0.5) is 0 Å². The maximum atomic E-state index is 12.0. The SMILES string of the molecule is Cn1nccc1CCC(=O)c1cc(Br)c(Br)s1. The minimum atomic E-state index is 0.169. The van der Waals surface area contributed by atoms with Gasteiger partial charge in [0.2, 0.25) is 0 Å². The second-order valence-electron chi connectivity index (χ2n) is 3.60. The Morgan fingerprint density at radius 3 is 2.82 bits per heavy atom. The molecule has 2 rings (SSSR count). The summed E-state index contributed by atoms with van der Waals surface area (Å²) in [6.07, 6.45) is 2.99. The van der Waals surface area contributed by atoms with Crippen molar-refractivity contribution in [3.63, 3.8) is 0 Å². The second kappa shape index (κ2) is 5.46. The number of hydrogen-bond donors (Lipinski definition) is 0. The minimum Gasteiger partial charge on any atom is -0.293 e.